The van der Waals surface area contributed by atoms with Gasteiger partial charge in [-0.1, -0.05) is 23.7 Å². The standard InChI is InChI=1S/C23H18ClF2NO4.Na/c24-19-11-17(26)5-4-14(19)13-31-21-7-6-16(25)10-15(21)12-27-8-9-30-22-18(23(28)29)2-1-3-20(22)27;/h1-7,10-11H,8-9,12-13H2,(H,28,29);/q;+1/p-1. The van der Waals surface area contributed by atoms with Crippen LogP contribution in [0.3, 0.4) is 0 Å². The second-order valence-corrected chi connectivity index (χ2v) is 7.39. The minimum atomic E-state index is -1.33. The van der Waals surface area contributed by atoms with Crippen LogP contribution in [0.5, 0.6) is 11.5 Å². The third-order valence-corrected chi connectivity index (χ3v) is 5.30. The molecular weight excluding hydrogens is 451 g/mol. The first kappa shape index (κ1) is 24.3. The van der Waals surface area contributed by atoms with Crippen LogP contribution in [0, 0.1) is 11.6 Å². The van der Waals surface area contributed by atoms with Gasteiger partial charge >= 0.3 is 29.6 Å². The van der Waals surface area contributed by atoms with Crippen LogP contribution in [-0.2, 0) is 13.2 Å². The van der Waals surface area contributed by atoms with E-state index in [0.29, 0.717) is 29.1 Å². The van der Waals surface area contributed by atoms with E-state index in [0.717, 1.165) is 0 Å². The Hall–Kier alpha value is -2.32. The first-order valence-electron chi connectivity index (χ1n) is 9.49. The second-order valence-electron chi connectivity index (χ2n) is 6.99. The molecule has 32 heavy (non-hydrogen) atoms. The molecule has 9 heteroatoms. The molecular formula is C23H17ClF2NNaO4. The van der Waals surface area contributed by atoms with Crippen LogP contribution in [0.2, 0.25) is 5.02 Å². The Morgan fingerprint density at radius 1 is 1.09 bits per heavy atom. The minimum Gasteiger partial charge on any atom is -0.545 e. The number of carboxylic acid groups (broad SMARTS) is 1. The average molecular weight is 468 g/mol. The number of benzene rings is 3. The van der Waals surface area contributed by atoms with Crippen molar-refractivity contribution in [2.45, 2.75) is 13.2 Å². The third kappa shape index (κ3) is 5.35. The Balaban J connectivity index is 0.00000289. The molecule has 0 saturated carbocycles. The summed E-state index contributed by atoms with van der Waals surface area (Å²) >= 11 is 6.06. The zero-order valence-electron chi connectivity index (χ0n) is 17.2. The Kier molecular flexibility index (Phi) is 8.00. The zero-order chi connectivity index (χ0) is 22.0. The molecule has 0 spiro atoms. The molecule has 0 unspecified atom stereocenters. The van der Waals surface area contributed by atoms with Crippen molar-refractivity contribution in [3.05, 3.63) is 87.9 Å². The Bertz CT molecular complexity index is 1140. The summed E-state index contributed by atoms with van der Waals surface area (Å²) in [5.41, 5.74) is 1.69. The van der Waals surface area contributed by atoms with Gasteiger partial charge in [-0.15, -0.1) is 0 Å². The SMILES string of the molecule is O=C([O-])c1cccc2c1OCCN2Cc1cc(F)ccc1OCc1ccc(F)cc1Cl.[Na+]. The van der Waals surface area contributed by atoms with Crippen molar-refractivity contribution in [2.75, 3.05) is 18.1 Å². The maximum absolute atomic E-state index is 14.0. The molecule has 1 aliphatic rings. The van der Waals surface area contributed by atoms with Gasteiger partial charge in [0, 0.05) is 23.2 Å². The van der Waals surface area contributed by atoms with E-state index in [2.05, 4.69) is 0 Å². The second kappa shape index (κ2) is 10.5. The summed E-state index contributed by atoms with van der Waals surface area (Å²) in [6, 6.07) is 12.9. The number of rotatable bonds is 6. The van der Waals surface area contributed by atoms with Crippen molar-refractivity contribution in [1.82, 2.24) is 0 Å². The first-order chi connectivity index (χ1) is 14.9. The molecule has 3 aromatic rings. The van der Waals surface area contributed by atoms with Gasteiger partial charge in [0.15, 0.2) is 5.75 Å². The molecule has 0 aromatic heterocycles. The van der Waals surface area contributed by atoms with Crippen molar-refractivity contribution >= 4 is 23.3 Å². The fourth-order valence-electron chi connectivity index (χ4n) is 3.44. The van der Waals surface area contributed by atoms with Crippen LogP contribution in [0.1, 0.15) is 21.5 Å². The monoisotopic (exact) mass is 467 g/mol. The van der Waals surface area contributed by atoms with Gasteiger partial charge < -0.3 is 24.3 Å². The fraction of sp³-hybridized carbons (Fsp3) is 0.174. The number of hydrogen-bond donors (Lipinski definition) is 0. The molecule has 1 heterocycles. The van der Waals surface area contributed by atoms with Crippen molar-refractivity contribution in [3.63, 3.8) is 0 Å². The number of para-hydroxylation sites is 1. The Labute approximate surface area is 210 Å². The number of anilines is 1. The van der Waals surface area contributed by atoms with Crippen molar-refractivity contribution in [2.24, 2.45) is 0 Å². The fourth-order valence-corrected chi connectivity index (χ4v) is 3.66. The van der Waals surface area contributed by atoms with Gasteiger partial charge in [-0.2, -0.15) is 0 Å². The molecule has 0 fully saturated rings. The van der Waals surface area contributed by atoms with Crippen LogP contribution >= 0.6 is 11.6 Å². The van der Waals surface area contributed by atoms with Crippen LogP contribution in [0.25, 0.3) is 0 Å². The molecule has 160 valence electrons. The normalized spacial score (nSPS) is 12.4. The molecule has 0 atom stereocenters. The van der Waals surface area contributed by atoms with Gasteiger partial charge in [-0.25, -0.2) is 8.78 Å². The molecule has 4 rings (SSSR count). The van der Waals surface area contributed by atoms with Gasteiger partial charge in [0.25, 0.3) is 0 Å². The minimum absolute atomic E-state index is 0. The number of ether oxygens (including phenoxy) is 2. The maximum Gasteiger partial charge on any atom is 1.00 e. The molecule has 0 aliphatic carbocycles. The number of hydrogen-bond acceptors (Lipinski definition) is 5. The first-order valence-corrected chi connectivity index (χ1v) is 9.87. The topological polar surface area (TPSA) is 61.8 Å². The number of halogens is 3. The zero-order valence-corrected chi connectivity index (χ0v) is 20.0. The van der Waals surface area contributed by atoms with Crippen LogP contribution in [0.15, 0.2) is 54.6 Å². The number of carbonyl (C=O) groups is 1. The summed E-state index contributed by atoms with van der Waals surface area (Å²) in [5, 5.41) is 11.6. The number of nitrogens with zero attached hydrogens (tertiary/aromatic N) is 1. The molecule has 0 amide bonds. The Morgan fingerprint density at radius 2 is 1.84 bits per heavy atom. The largest absolute Gasteiger partial charge is 1.00 e. The van der Waals surface area contributed by atoms with Crippen LogP contribution < -0.4 is 49.0 Å². The molecule has 0 radical (unpaired) electrons. The summed E-state index contributed by atoms with van der Waals surface area (Å²) < 4.78 is 38.7. The van der Waals surface area contributed by atoms with E-state index in [1.165, 1.54) is 42.5 Å². The van der Waals surface area contributed by atoms with E-state index >= 15 is 0 Å². The van der Waals surface area contributed by atoms with E-state index in [1.807, 2.05) is 4.90 Å². The smallest absolute Gasteiger partial charge is 0.545 e. The molecule has 0 saturated heterocycles. The quantitative estimate of drug-likeness (QED) is 0.506. The van der Waals surface area contributed by atoms with E-state index in [-0.39, 0.29) is 65.7 Å². The number of carbonyl (C=O) groups excluding carboxylic acids is 1. The van der Waals surface area contributed by atoms with Gasteiger partial charge in [0.05, 0.1) is 23.2 Å². The van der Waals surface area contributed by atoms with Crippen molar-refractivity contribution in [1.29, 1.82) is 0 Å². The van der Waals surface area contributed by atoms with E-state index in [9.17, 15) is 18.7 Å². The van der Waals surface area contributed by atoms with E-state index < -0.39 is 17.6 Å². The van der Waals surface area contributed by atoms with Gasteiger partial charge in [0.2, 0.25) is 0 Å². The summed E-state index contributed by atoms with van der Waals surface area (Å²) in [6.45, 7) is 1.08. The van der Waals surface area contributed by atoms with E-state index in [1.54, 1.807) is 12.1 Å². The summed E-state index contributed by atoms with van der Waals surface area (Å²) in [5.74, 6) is -1.54. The predicted octanol–water partition coefficient (Wildman–Crippen LogP) is 0.964. The molecule has 5 nitrogen and oxygen atoms in total. The van der Waals surface area contributed by atoms with Gasteiger partial charge in [0.1, 0.15) is 30.6 Å². The van der Waals surface area contributed by atoms with Gasteiger partial charge in [-0.05, 0) is 42.5 Å². The van der Waals surface area contributed by atoms with Crippen molar-refractivity contribution in [3.8, 4) is 11.5 Å². The average Bonchev–Trinajstić information content (AvgIpc) is 2.74. The molecule has 3 aromatic carbocycles. The Morgan fingerprint density at radius 3 is 2.59 bits per heavy atom. The number of fused-ring (bicyclic) bond motifs is 1. The summed E-state index contributed by atoms with van der Waals surface area (Å²) in [7, 11) is 0. The maximum atomic E-state index is 14.0. The van der Waals surface area contributed by atoms with Crippen molar-refractivity contribution < 1.29 is 57.7 Å². The van der Waals surface area contributed by atoms with E-state index in [4.69, 9.17) is 21.1 Å². The van der Waals surface area contributed by atoms with Crippen LogP contribution in [0.4, 0.5) is 14.5 Å². The predicted molar refractivity (Wildman–Crippen MR) is 109 cm³/mol. The van der Waals surface area contributed by atoms with Gasteiger partial charge in [-0.3, -0.25) is 0 Å². The summed E-state index contributed by atoms with van der Waals surface area (Å²) in [6.07, 6.45) is 0. The summed E-state index contributed by atoms with van der Waals surface area (Å²) in [4.78, 5) is 13.3. The molecule has 0 bridgehead atoms. The molecule has 0 N–H and O–H groups in total. The number of carboxylic acids is 1. The third-order valence-electron chi connectivity index (χ3n) is 4.94. The number of aromatic carboxylic acids is 1. The van der Waals surface area contributed by atoms with Crippen LogP contribution in [-0.4, -0.2) is 19.1 Å². The molecule has 1 aliphatic heterocycles.